The molecule has 0 spiro atoms. The van der Waals surface area contributed by atoms with Crippen molar-refractivity contribution in [2.75, 3.05) is 0 Å². The summed E-state index contributed by atoms with van der Waals surface area (Å²) in [6, 6.07) is 3.53. The third-order valence-electron chi connectivity index (χ3n) is 1.50. The molecule has 0 amide bonds. The van der Waals surface area contributed by atoms with Crippen LogP contribution in [0.3, 0.4) is 0 Å². The van der Waals surface area contributed by atoms with Crippen molar-refractivity contribution in [3.63, 3.8) is 0 Å². The third-order valence-corrected chi connectivity index (χ3v) is 1.94. The van der Waals surface area contributed by atoms with Crippen LogP contribution in [0.15, 0.2) is 22.9 Å². The van der Waals surface area contributed by atoms with E-state index in [9.17, 15) is 0 Å². The van der Waals surface area contributed by atoms with Crippen LogP contribution < -0.4 is 0 Å². The first kappa shape index (κ1) is 7.70. The minimum absolute atomic E-state index is 0.0546. The van der Waals surface area contributed by atoms with E-state index < -0.39 is 0 Å². The Bertz CT molecular complexity index is 412. The Labute approximate surface area is 77.0 Å². The van der Waals surface area contributed by atoms with Crippen LogP contribution in [0.4, 0.5) is 0 Å². The number of hydrogen-bond donors (Lipinski definition) is 1. The van der Waals surface area contributed by atoms with Crippen molar-refractivity contribution in [3.05, 3.63) is 28.6 Å². The fourth-order valence-electron chi connectivity index (χ4n) is 0.983. The lowest BCUT2D eigenvalue weighted by atomic mass is 10.4. The molecule has 0 bridgehead atoms. The van der Waals surface area contributed by atoms with Crippen LogP contribution in [-0.4, -0.2) is 19.7 Å². The normalized spacial score (nSPS) is 10.8. The SMILES string of the molecule is OCc1cc2nc(Br)ccn2n1. The number of aromatic nitrogens is 3. The van der Waals surface area contributed by atoms with Gasteiger partial charge in [-0.1, -0.05) is 0 Å². The molecule has 0 saturated carbocycles. The minimum atomic E-state index is -0.0546. The average Bonchev–Trinajstić information content (AvgIpc) is 2.46. The number of aliphatic hydroxyl groups is 1. The molecule has 0 atom stereocenters. The summed E-state index contributed by atoms with van der Waals surface area (Å²) in [6.45, 7) is -0.0546. The van der Waals surface area contributed by atoms with Gasteiger partial charge in [0.2, 0.25) is 0 Å². The molecule has 0 aliphatic carbocycles. The monoisotopic (exact) mass is 227 g/mol. The molecule has 2 aromatic heterocycles. The van der Waals surface area contributed by atoms with Crippen molar-refractivity contribution in [2.24, 2.45) is 0 Å². The molecule has 0 aromatic carbocycles. The van der Waals surface area contributed by atoms with Gasteiger partial charge in [0, 0.05) is 12.3 Å². The minimum Gasteiger partial charge on any atom is -0.390 e. The van der Waals surface area contributed by atoms with Gasteiger partial charge in [-0.25, -0.2) is 9.50 Å². The maximum atomic E-state index is 8.79. The first-order chi connectivity index (χ1) is 5.79. The summed E-state index contributed by atoms with van der Waals surface area (Å²) in [5, 5.41) is 12.8. The molecular weight excluding hydrogens is 222 g/mol. The summed E-state index contributed by atoms with van der Waals surface area (Å²) < 4.78 is 2.38. The van der Waals surface area contributed by atoms with E-state index in [2.05, 4.69) is 26.0 Å². The van der Waals surface area contributed by atoms with E-state index in [1.807, 2.05) is 0 Å². The van der Waals surface area contributed by atoms with E-state index >= 15 is 0 Å². The van der Waals surface area contributed by atoms with Crippen LogP contribution >= 0.6 is 15.9 Å². The zero-order chi connectivity index (χ0) is 8.55. The standard InChI is InChI=1S/C7H6BrN3O/c8-6-1-2-11-7(9-6)3-5(4-12)10-11/h1-3,12H,4H2. The summed E-state index contributed by atoms with van der Waals surface area (Å²) in [7, 11) is 0. The average molecular weight is 228 g/mol. The molecule has 0 radical (unpaired) electrons. The van der Waals surface area contributed by atoms with Gasteiger partial charge in [0.05, 0.1) is 12.3 Å². The molecule has 2 heterocycles. The van der Waals surface area contributed by atoms with E-state index in [4.69, 9.17) is 5.11 Å². The Morgan fingerprint density at radius 2 is 2.42 bits per heavy atom. The fourth-order valence-corrected chi connectivity index (χ4v) is 1.28. The number of nitrogens with zero attached hydrogens (tertiary/aromatic N) is 3. The van der Waals surface area contributed by atoms with E-state index in [1.165, 1.54) is 0 Å². The van der Waals surface area contributed by atoms with E-state index in [-0.39, 0.29) is 6.61 Å². The zero-order valence-corrected chi connectivity index (χ0v) is 7.69. The van der Waals surface area contributed by atoms with Gasteiger partial charge in [0.1, 0.15) is 4.60 Å². The maximum Gasteiger partial charge on any atom is 0.156 e. The molecule has 0 aliphatic heterocycles. The number of halogens is 1. The topological polar surface area (TPSA) is 50.4 Å². The van der Waals surface area contributed by atoms with E-state index in [0.29, 0.717) is 5.69 Å². The highest BCUT2D eigenvalue weighted by Gasteiger charge is 2.00. The highest BCUT2D eigenvalue weighted by atomic mass is 79.9. The molecule has 0 aliphatic rings. The molecule has 4 nitrogen and oxygen atoms in total. The van der Waals surface area contributed by atoms with Crippen molar-refractivity contribution in [1.29, 1.82) is 0 Å². The summed E-state index contributed by atoms with van der Waals surface area (Å²) >= 11 is 3.25. The summed E-state index contributed by atoms with van der Waals surface area (Å²) in [6.07, 6.45) is 1.78. The highest BCUT2D eigenvalue weighted by Crippen LogP contribution is 2.09. The molecule has 2 rings (SSSR count). The van der Waals surface area contributed by atoms with Gasteiger partial charge in [-0.15, -0.1) is 0 Å². The molecule has 2 aromatic rings. The lowest BCUT2D eigenvalue weighted by Gasteiger charge is -1.90. The predicted molar refractivity (Wildman–Crippen MR) is 46.6 cm³/mol. The summed E-state index contributed by atoms with van der Waals surface area (Å²) in [4.78, 5) is 4.15. The molecule has 0 saturated heterocycles. The van der Waals surface area contributed by atoms with Crippen LogP contribution in [0.1, 0.15) is 5.69 Å². The van der Waals surface area contributed by atoms with Crippen LogP contribution in [0.5, 0.6) is 0 Å². The van der Waals surface area contributed by atoms with Crippen molar-refractivity contribution in [3.8, 4) is 0 Å². The fraction of sp³-hybridized carbons (Fsp3) is 0.143. The molecule has 0 fully saturated rings. The maximum absolute atomic E-state index is 8.79. The lowest BCUT2D eigenvalue weighted by molar-refractivity contribution is 0.276. The second-order valence-corrected chi connectivity index (χ2v) is 3.16. The predicted octanol–water partition coefficient (Wildman–Crippen LogP) is 0.984. The van der Waals surface area contributed by atoms with E-state index in [1.54, 1.807) is 22.8 Å². The van der Waals surface area contributed by atoms with Gasteiger partial charge in [0.15, 0.2) is 5.65 Å². The van der Waals surface area contributed by atoms with Crippen LogP contribution in [-0.2, 0) is 6.61 Å². The zero-order valence-electron chi connectivity index (χ0n) is 6.11. The third kappa shape index (κ3) is 1.21. The second kappa shape index (κ2) is 2.84. The lowest BCUT2D eigenvalue weighted by Crippen LogP contribution is -1.89. The van der Waals surface area contributed by atoms with Crippen molar-refractivity contribution >= 4 is 21.6 Å². The number of aliphatic hydroxyl groups excluding tert-OH is 1. The molecule has 0 unspecified atom stereocenters. The Balaban J connectivity index is 2.67. The molecule has 62 valence electrons. The van der Waals surface area contributed by atoms with Crippen LogP contribution in [0.2, 0.25) is 0 Å². The van der Waals surface area contributed by atoms with Crippen molar-refractivity contribution < 1.29 is 5.11 Å². The Hall–Kier alpha value is -0.940. The Morgan fingerprint density at radius 3 is 3.17 bits per heavy atom. The Kier molecular flexibility index (Phi) is 1.82. The van der Waals surface area contributed by atoms with Crippen molar-refractivity contribution in [2.45, 2.75) is 6.61 Å². The largest absolute Gasteiger partial charge is 0.390 e. The van der Waals surface area contributed by atoms with Crippen LogP contribution in [0, 0.1) is 0 Å². The molecular formula is C7H6BrN3O. The van der Waals surface area contributed by atoms with E-state index in [0.717, 1.165) is 10.3 Å². The van der Waals surface area contributed by atoms with Crippen LogP contribution in [0.25, 0.3) is 5.65 Å². The first-order valence-corrected chi connectivity index (χ1v) is 4.20. The number of hydrogen-bond acceptors (Lipinski definition) is 3. The van der Waals surface area contributed by atoms with Gasteiger partial charge >= 0.3 is 0 Å². The molecule has 1 N–H and O–H groups in total. The van der Waals surface area contributed by atoms with Crippen molar-refractivity contribution in [1.82, 2.24) is 14.6 Å². The smallest absolute Gasteiger partial charge is 0.156 e. The van der Waals surface area contributed by atoms with Gasteiger partial charge < -0.3 is 5.11 Å². The van der Waals surface area contributed by atoms with Gasteiger partial charge in [0.25, 0.3) is 0 Å². The second-order valence-electron chi connectivity index (χ2n) is 2.35. The first-order valence-electron chi connectivity index (χ1n) is 3.41. The molecule has 12 heavy (non-hydrogen) atoms. The summed E-state index contributed by atoms with van der Waals surface area (Å²) in [5.41, 5.74) is 1.36. The summed E-state index contributed by atoms with van der Waals surface area (Å²) in [5.74, 6) is 0. The quantitative estimate of drug-likeness (QED) is 0.740. The highest BCUT2D eigenvalue weighted by molar-refractivity contribution is 9.10. The van der Waals surface area contributed by atoms with Gasteiger partial charge in [-0.3, -0.25) is 0 Å². The number of rotatable bonds is 1. The van der Waals surface area contributed by atoms with Gasteiger partial charge in [-0.2, -0.15) is 5.10 Å². The number of fused-ring (bicyclic) bond motifs is 1. The van der Waals surface area contributed by atoms with Gasteiger partial charge in [-0.05, 0) is 22.0 Å². The molecule has 5 heteroatoms. The Morgan fingerprint density at radius 1 is 1.58 bits per heavy atom.